The molecule has 0 radical (unpaired) electrons. The molecule has 1 amide bonds. The number of ether oxygens (including phenoxy) is 1. The topological polar surface area (TPSA) is 77.9 Å². The van der Waals surface area contributed by atoms with Crippen LogP contribution >= 0.6 is 15.9 Å². The maximum atomic E-state index is 12.7. The largest absolute Gasteiger partial charge is 0.371 e. The van der Waals surface area contributed by atoms with E-state index in [9.17, 15) is 14.4 Å². The van der Waals surface area contributed by atoms with Gasteiger partial charge in [-0.25, -0.2) is 0 Å². The summed E-state index contributed by atoms with van der Waals surface area (Å²) in [5, 5.41) is 13.4. The summed E-state index contributed by atoms with van der Waals surface area (Å²) in [6.07, 6.45) is 1.49. The number of fused-ring (bicyclic) bond motifs is 3. The third kappa shape index (κ3) is 4.65. The van der Waals surface area contributed by atoms with Crippen LogP contribution in [0.3, 0.4) is 0 Å². The first-order chi connectivity index (χ1) is 15.1. The fourth-order valence-electron chi connectivity index (χ4n) is 4.13. The van der Waals surface area contributed by atoms with Crippen molar-refractivity contribution in [2.75, 3.05) is 13.3 Å². The third-order valence-electron chi connectivity index (χ3n) is 5.65. The van der Waals surface area contributed by atoms with E-state index in [4.69, 9.17) is 4.74 Å². The highest BCUT2D eigenvalue weighted by atomic mass is 79.9. The molecule has 0 bridgehead atoms. The van der Waals surface area contributed by atoms with E-state index in [2.05, 4.69) is 32.3 Å². The van der Waals surface area contributed by atoms with E-state index >= 15 is 0 Å². The first-order valence-corrected chi connectivity index (χ1v) is 11.1. The molecule has 2 heterocycles. The lowest BCUT2D eigenvalue weighted by Gasteiger charge is -2.23. The summed E-state index contributed by atoms with van der Waals surface area (Å²) >= 11 is 3.40. The molecule has 0 unspecified atom stereocenters. The van der Waals surface area contributed by atoms with Gasteiger partial charge in [-0.15, -0.1) is 0 Å². The Morgan fingerprint density at radius 3 is 2.84 bits per heavy atom. The average molecular weight is 484 g/mol. The van der Waals surface area contributed by atoms with Gasteiger partial charge in [-0.05, 0) is 54.2 Å². The molecular formula is C24H23BrFN3O2. The number of alkyl halides is 1. The van der Waals surface area contributed by atoms with Crippen LogP contribution in [0.4, 0.5) is 4.39 Å². The van der Waals surface area contributed by atoms with Crippen molar-refractivity contribution in [1.82, 2.24) is 10.3 Å². The summed E-state index contributed by atoms with van der Waals surface area (Å²) in [6.45, 7) is 0.556. The fraction of sp³-hybridized carbons (Fsp3) is 0.333. The quantitative estimate of drug-likeness (QED) is 0.494. The molecular weight excluding hydrogens is 461 g/mol. The second kappa shape index (κ2) is 9.63. The van der Waals surface area contributed by atoms with Crippen LogP contribution in [0.25, 0.3) is 10.9 Å². The van der Waals surface area contributed by atoms with Crippen LogP contribution in [-0.2, 0) is 28.9 Å². The van der Waals surface area contributed by atoms with Crippen molar-refractivity contribution in [3.8, 4) is 6.07 Å². The molecule has 3 aromatic rings. The maximum Gasteiger partial charge on any atom is 0.223 e. The number of halogens is 2. The number of nitriles is 1. The zero-order chi connectivity index (χ0) is 21.8. The van der Waals surface area contributed by atoms with Crippen LogP contribution in [0.1, 0.15) is 46.9 Å². The zero-order valence-electron chi connectivity index (χ0n) is 17.0. The summed E-state index contributed by atoms with van der Waals surface area (Å²) in [5.74, 6) is -0.0995. The van der Waals surface area contributed by atoms with Gasteiger partial charge in [-0.3, -0.25) is 9.18 Å². The lowest BCUT2D eigenvalue weighted by atomic mass is 9.96. The molecule has 0 fully saturated rings. The molecule has 0 saturated carbocycles. The lowest BCUT2D eigenvalue weighted by molar-refractivity contribution is -0.124. The highest BCUT2D eigenvalue weighted by Gasteiger charge is 2.28. The van der Waals surface area contributed by atoms with Gasteiger partial charge in [0.2, 0.25) is 5.91 Å². The van der Waals surface area contributed by atoms with Crippen LogP contribution in [0, 0.1) is 11.3 Å². The minimum atomic E-state index is -0.401. The highest BCUT2D eigenvalue weighted by Crippen LogP contribution is 2.37. The van der Waals surface area contributed by atoms with Crippen LogP contribution in [0.5, 0.6) is 0 Å². The predicted molar refractivity (Wildman–Crippen MR) is 120 cm³/mol. The Hall–Kier alpha value is -2.69. The van der Waals surface area contributed by atoms with Gasteiger partial charge < -0.3 is 15.0 Å². The molecule has 160 valence electrons. The van der Waals surface area contributed by atoms with Crippen molar-refractivity contribution < 1.29 is 13.9 Å². The van der Waals surface area contributed by atoms with E-state index in [-0.39, 0.29) is 19.0 Å². The molecule has 0 saturated heterocycles. The number of nitrogens with zero attached hydrogens (tertiary/aromatic N) is 1. The van der Waals surface area contributed by atoms with Crippen molar-refractivity contribution in [3.63, 3.8) is 0 Å². The lowest BCUT2D eigenvalue weighted by Crippen LogP contribution is -2.27. The monoisotopic (exact) mass is 483 g/mol. The number of H-pyrrole nitrogens is 1. The molecule has 1 aliphatic rings. The van der Waals surface area contributed by atoms with Crippen molar-refractivity contribution in [2.24, 2.45) is 0 Å². The Kier molecular flexibility index (Phi) is 6.69. The number of hydrogen-bond donors (Lipinski definition) is 2. The normalized spacial score (nSPS) is 15.5. The number of aryl methyl sites for hydroxylation is 1. The zero-order valence-corrected chi connectivity index (χ0v) is 18.6. The summed E-state index contributed by atoms with van der Waals surface area (Å²) in [7, 11) is 0. The smallest absolute Gasteiger partial charge is 0.223 e. The van der Waals surface area contributed by atoms with Crippen molar-refractivity contribution in [1.29, 1.82) is 5.26 Å². The second-order valence-electron chi connectivity index (χ2n) is 7.66. The number of carbonyl (C=O) groups excluding carboxylic acids is 1. The fourth-order valence-corrected chi connectivity index (χ4v) is 4.40. The summed E-state index contributed by atoms with van der Waals surface area (Å²) in [5.41, 5.74) is 5.35. The molecule has 1 atom stereocenters. The second-order valence-corrected chi connectivity index (χ2v) is 8.58. The summed E-state index contributed by atoms with van der Waals surface area (Å²) in [6, 6.07) is 13.8. The van der Waals surface area contributed by atoms with E-state index in [1.54, 1.807) is 6.07 Å². The van der Waals surface area contributed by atoms with E-state index in [0.717, 1.165) is 37.8 Å². The van der Waals surface area contributed by atoms with E-state index in [1.165, 1.54) is 0 Å². The molecule has 1 aliphatic heterocycles. The highest BCUT2D eigenvalue weighted by molar-refractivity contribution is 9.10. The first kappa shape index (κ1) is 21.5. The molecule has 4 rings (SSSR count). The van der Waals surface area contributed by atoms with Gasteiger partial charge in [0.05, 0.1) is 36.9 Å². The number of aromatic nitrogens is 1. The minimum absolute atomic E-state index is 0.0995. The van der Waals surface area contributed by atoms with Crippen molar-refractivity contribution in [3.05, 3.63) is 68.8 Å². The van der Waals surface area contributed by atoms with Crippen molar-refractivity contribution >= 4 is 32.7 Å². The molecule has 31 heavy (non-hydrogen) atoms. The number of rotatable bonds is 7. The number of hydrogen-bond acceptors (Lipinski definition) is 3. The molecule has 5 nitrogen and oxygen atoms in total. The predicted octanol–water partition coefficient (Wildman–Crippen LogP) is 5.02. The Morgan fingerprint density at radius 2 is 2.10 bits per heavy atom. The van der Waals surface area contributed by atoms with Gasteiger partial charge in [0.1, 0.15) is 6.10 Å². The first-order valence-electron chi connectivity index (χ1n) is 10.4. The minimum Gasteiger partial charge on any atom is -0.371 e. The number of aromatic amines is 1. The van der Waals surface area contributed by atoms with E-state index in [0.29, 0.717) is 38.0 Å². The van der Waals surface area contributed by atoms with E-state index < -0.39 is 6.10 Å². The number of nitrogens with one attached hydrogen (secondary N) is 2. The Bertz CT molecular complexity index is 1130. The van der Waals surface area contributed by atoms with Crippen LogP contribution in [0.15, 0.2) is 40.9 Å². The van der Waals surface area contributed by atoms with Crippen LogP contribution in [-0.4, -0.2) is 24.2 Å². The number of amides is 1. The Balaban J connectivity index is 1.56. The standard InChI is InChI=1S/C24H23BrFN3O2/c25-18-7-3-15(4-8-18)14-28-21(30)12-20-24-19(9-11-31-20)22-17(13-27)6-5-16(2-1-10-26)23(22)29-24/h3-8,20,29H,1-2,9-12,14H2,(H,28,30)/t20-/m1/s1. The van der Waals surface area contributed by atoms with Crippen molar-refractivity contribution in [2.45, 2.75) is 38.3 Å². The van der Waals surface area contributed by atoms with Crippen LogP contribution in [0.2, 0.25) is 0 Å². The Morgan fingerprint density at radius 1 is 1.29 bits per heavy atom. The number of benzene rings is 2. The number of carbonyl (C=O) groups is 1. The van der Waals surface area contributed by atoms with Gasteiger partial charge in [0, 0.05) is 22.1 Å². The van der Waals surface area contributed by atoms with Crippen LogP contribution < -0.4 is 5.32 Å². The summed E-state index contributed by atoms with van der Waals surface area (Å²) < 4.78 is 19.7. The van der Waals surface area contributed by atoms with Gasteiger partial charge in [-0.1, -0.05) is 34.1 Å². The van der Waals surface area contributed by atoms with E-state index in [1.807, 2.05) is 30.3 Å². The maximum absolute atomic E-state index is 12.7. The molecule has 7 heteroatoms. The molecule has 0 aliphatic carbocycles. The van der Waals surface area contributed by atoms with Gasteiger partial charge in [0.25, 0.3) is 0 Å². The SMILES string of the molecule is N#Cc1ccc(CCCF)c2[nH]c3c(c12)CCO[C@@H]3CC(=O)NCc1ccc(Br)cc1. The third-order valence-corrected chi connectivity index (χ3v) is 6.17. The average Bonchev–Trinajstić information content (AvgIpc) is 3.18. The summed E-state index contributed by atoms with van der Waals surface area (Å²) in [4.78, 5) is 16.0. The molecule has 2 aromatic carbocycles. The van der Waals surface area contributed by atoms with Gasteiger partial charge in [0.15, 0.2) is 0 Å². The Labute approximate surface area is 188 Å². The molecule has 2 N–H and O–H groups in total. The van der Waals surface area contributed by atoms with Gasteiger partial charge >= 0.3 is 0 Å². The molecule has 0 spiro atoms. The molecule has 1 aromatic heterocycles. The van der Waals surface area contributed by atoms with Gasteiger partial charge in [-0.2, -0.15) is 5.26 Å².